The van der Waals surface area contributed by atoms with Gasteiger partial charge in [-0.25, -0.2) is 4.99 Å². The normalized spacial score (nSPS) is 18.0. The number of nitrogens with one attached hydrogen (secondary N) is 1. The van der Waals surface area contributed by atoms with Crippen LogP contribution in [0.3, 0.4) is 0 Å². The van der Waals surface area contributed by atoms with Crippen LogP contribution in [0, 0.1) is 0 Å². The summed E-state index contributed by atoms with van der Waals surface area (Å²) in [5, 5.41) is 7.04. The van der Waals surface area contributed by atoms with Gasteiger partial charge in [-0.1, -0.05) is 72.8 Å². The van der Waals surface area contributed by atoms with Gasteiger partial charge in [0.25, 0.3) is 0 Å². The Morgan fingerprint density at radius 2 is 1.33 bits per heavy atom. The molecule has 144 valence electrons. The first-order valence-electron chi connectivity index (χ1n) is 9.95. The summed E-state index contributed by atoms with van der Waals surface area (Å²) in [6.07, 6.45) is 4.31. The average molecular weight is 452 g/mol. The van der Waals surface area contributed by atoms with E-state index >= 15 is 0 Å². The summed E-state index contributed by atoms with van der Waals surface area (Å²) in [7, 11) is 0. The summed E-state index contributed by atoms with van der Waals surface area (Å²) in [5.74, 6) is 0. The lowest BCUT2D eigenvalue weighted by atomic mass is 9.92. The molecule has 4 aromatic carbocycles. The molecule has 4 heteroatoms. The second-order valence-corrected chi connectivity index (χ2v) is 8.37. The van der Waals surface area contributed by atoms with Crippen molar-refractivity contribution in [3.63, 3.8) is 0 Å². The number of amidine groups is 1. The second kappa shape index (κ2) is 6.85. The van der Waals surface area contributed by atoms with Crippen molar-refractivity contribution >= 4 is 53.4 Å². The molecule has 0 saturated heterocycles. The van der Waals surface area contributed by atoms with Gasteiger partial charge in [0.05, 0.1) is 0 Å². The molecule has 0 amide bonds. The number of rotatable bonds is 2. The minimum Gasteiger partial charge on any atom is -0.274 e. The molecule has 0 aromatic heterocycles. The van der Waals surface area contributed by atoms with E-state index in [1.807, 2.05) is 0 Å². The second-order valence-electron chi connectivity index (χ2n) is 7.62. The van der Waals surface area contributed by atoms with E-state index in [1.165, 1.54) is 38.2 Å². The Morgan fingerprint density at radius 3 is 2.03 bits per heavy atom. The average Bonchev–Trinajstić information content (AvgIpc) is 3.18. The zero-order chi connectivity index (χ0) is 20.1. The number of allylic oxidation sites excluding steroid dienone is 2. The SMILES string of the molecule is BrC1=NC2C(c3ccc4ccccc4c3)=CC(c3ccc4ccccc4c3)=CN2N1. The fraction of sp³-hybridized carbons (Fsp3) is 0.0385. The third kappa shape index (κ3) is 2.92. The summed E-state index contributed by atoms with van der Waals surface area (Å²) in [5.41, 5.74) is 8.02. The fourth-order valence-corrected chi connectivity index (χ4v) is 4.64. The Labute approximate surface area is 183 Å². The number of halogens is 1. The molecular weight excluding hydrogens is 434 g/mol. The van der Waals surface area contributed by atoms with Crippen LogP contribution in [0.15, 0.2) is 102 Å². The van der Waals surface area contributed by atoms with Gasteiger partial charge in [-0.3, -0.25) is 10.4 Å². The summed E-state index contributed by atoms with van der Waals surface area (Å²) in [6.45, 7) is 0. The van der Waals surface area contributed by atoms with Crippen molar-refractivity contribution < 1.29 is 0 Å². The third-order valence-electron chi connectivity index (χ3n) is 5.75. The maximum atomic E-state index is 4.76. The number of benzene rings is 4. The molecule has 4 aromatic rings. The van der Waals surface area contributed by atoms with Crippen molar-refractivity contribution in [2.24, 2.45) is 4.99 Å². The highest BCUT2D eigenvalue weighted by Crippen LogP contribution is 2.36. The Kier molecular flexibility index (Phi) is 3.99. The summed E-state index contributed by atoms with van der Waals surface area (Å²) in [6, 6.07) is 30.2. The zero-order valence-corrected chi connectivity index (χ0v) is 17.7. The molecule has 2 aliphatic heterocycles. The molecule has 0 fully saturated rings. The lowest BCUT2D eigenvalue weighted by Gasteiger charge is -2.29. The molecule has 0 saturated carbocycles. The molecule has 1 atom stereocenters. The van der Waals surface area contributed by atoms with E-state index < -0.39 is 0 Å². The van der Waals surface area contributed by atoms with E-state index in [9.17, 15) is 0 Å². The number of hydrogen-bond donors (Lipinski definition) is 1. The van der Waals surface area contributed by atoms with Gasteiger partial charge in [0.15, 0.2) is 10.9 Å². The van der Waals surface area contributed by atoms with Crippen LogP contribution in [-0.4, -0.2) is 15.9 Å². The monoisotopic (exact) mass is 451 g/mol. The molecule has 1 unspecified atom stereocenters. The van der Waals surface area contributed by atoms with Crippen molar-refractivity contribution in [2.45, 2.75) is 6.17 Å². The van der Waals surface area contributed by atoms with E-state index in [4.69, 9.17) is 4.99 Å². The highest BCUT2D eigenvalue weighted by Gasteiger charge is 2.31. The minimum atomic E-state index is -0.0928. The Bertz CT molecular complexity index is 1400. The number of aliphatic imine (C=N–C) groups is 1. The first-order valence-corrected chi connectivity index (χ1v) is 10.7. The first-order chi connectivity index (χ1) is 14.7. The lowest BCUT2D eigenvalue weighted by molar-refractivity contribution is 0.325. The highest BCUT2D eigenvalue weighted by atomic mass is 79.9. The summed E-state index contributed by atoms with van der Waals surface area (Å²) in [4.78, 5) is 4.76. The molecule has 1 N–H and O–H groups in total. The van der Waals surface area contributed by atoms with Gasteiger partial charge in [0.1, 0.15) is 0 Å². The summed E-state index contributed by atoms with van der Waals surface area (Å²) < 4.78 is 0.746. The predicted octanol–water partition coefficient (Wildman–Crippen LogP) is 6.33. The van der Waals surface area contributed by atoms with Crippen LogP contribution in [0.4, 0.5) is 0 Å². The molecule has 6 rings (SSSR count). The quantitative estimate of drug-likeness (QED) is 0.360. The zero-order valence-electron chi connectivity index (χ0n) is 16.1. The lowest BCUT2D eigenvalue weighted by Crippen LogP contribution is -2.37. The van der Waals surface area contributed by atoms with Crippen LogP contribution in [-0.2, 0) is 0 Å². The largest absolute Gasteiger partial charge is 0.274 e. The summed E-state index contributed by atoms with van der Waals surface area (Å²) >= 11 is 3.52. The van der Waals surface area contributed by atoms with Crippen LogP contribution in [0.1, 0.15) is 11.1 Å². The Hall–Kier alpha value is -3.37. The predicted molar refractivity (Wildman–Crippen MR) is 129 cm³/mol. The molecule has 0 aliphatic carbocycles. The third-order valence-corrected chi connectivity index (χ3v) is 6.14. The molecule has 2 heterocycles. The van der Waals surface area contributed by atoms with Gasteiger partial charge in [0.2, 0.25) is 0 Å². The van der Waals surface area contributed by atoms with Crippen LogP contribution < -0.4 is 5.43 Å². The first kappa shape index (κ1) is 17.5. The molecule has 0 bridgehead atoms. The number of hydrogen-bond acceptors (Lipinski definition) is 3. The molecule has 2 aliphatic rings. The van der Waals surface area contributed by atoms with Crippen LogP contribution >= 0.6 is 15.9 Å². The van der Waals surface area contributed by atoms with E-state index in [0.717, 1.165) is 10.3 Å². The van der Waals surface area contributed by atoms with Gasteiger partial charge in [-0.15, -0.1) is 0 Å². The van der Waals surface area contributed by atoms with E-state index in [2.05, 4.69) is 124 Å². The van der Waals surface area contributed by atoms with Crippen LogP contribution in [0.5, 0.6) is 0 Å². The van der Waals surface area contributed by atoms with E-state index in [1.54, 1.807) is 0 Å². The Balaban J connectivity index is 1.50. The molecule has 3 nitrogen and oxygen atoms in total. The van der Waals surface area contributed by atoms with Gasteiger partial charge >= 0.3 is 0 Å². The van der Waals surface area contributed by atoms with E-state index in [0.29, 0.717) is 0 Å². The Morgan fingerprint density at radius 1 is 0.733 bits per heavy atom. The molecule has 30 heavy (non-hydrogen) atoms. The van der Waals surface area contributed by atoms with Gasteiger partial charge in [0, 0.05) is 17.3 Å². The smallest absolute Gasteiger partial charge is 0.187 e. The van der Waals surface area contributed by atoms with Crippen molar-refractivity contribution in [1.82, 2.24) is 10.4 Å². The van der Waals surface area contributed by atoms with Crippen LogP contribution in [0.25, 0.3) is 32.7 Å². The molecule has 0 spiro atoms. The van der Waals surface area contributed by atoms with Crippen LogP contribution in [0.2, 0.25) is 0 Å². The van der Waals surface area contributed by atoms with Gasteiger partial charge < -0.3 is 0 Å². The topological polar surface area (TPSA) is 27.6 Å². The minimum absolute atomic E-state index is 0.0928. The highest BCUT2D eigenvalue weighted by molar-refractivity contribution is 9.18. The standard InChI is InChI=1S/C26H18BrN3/c27-26-28-25-24(22-12-10-18-6-2-4-8-20(18)14-22)15-23(16-30(25)29-26)21-11-9-17-5-1-3-7-19(17)13-21/h1-16,25H,(H,28,29). The van der Waals surface area contributed by atoms with Gasteiger partial charge in [-0.2, -0.15) is 0 Å². The van der Waals surface area contributed by atoms with Crippen molar-refractivity contribution in [3.8, 4) is 0 Å². The maximum absolute atomic E-state index is 4.76. The number of hydrazine groups is 1. The van der Waals surface area contributed by atoms with Crippen molar-refractivity contribution in [1.29, 1.82) is 0 Å². The van der Waals surface area contributed by atoms with Crippen molar-refractivity contribution in [3.05, 3.63) is 108 Å². The molecule has 0 radical (unpaired) electrons. The molecular formula is C26H18BrN3. The fourth-order valence-electron chi connectivity index (χ4n) is 4.25. The van der Waals surface area contributed by atoms with Crippen molar-refractivity contribution in [2.75, 3.05) is 0 Å². The van der Waals surface area contributed by atoms with E-state index in [-0.39, 0.29) is 6.17 Å². The number of nitrogens with zero attached hydrogens (tertiary/aromatic N) is 2. The maximum Gasteiger partial charge on any atom is 0.187 e. The number of fused-ring (bicyclic) bond motifs is 3. The van der Waals surface area contributed by atoms with Gasteiger partial charge in [-0.05, 0) is 66.8 Å².